The molecule has 180 valence electrons. The van der Waals surface area contributed by atoms with Gasteiger partial charge in [-0.15, -0.1) is 11.8 Å². The van der Waals surface area contributed by atoms with Crippen LogP contribution in [-0.4, -0.2) is 34.3 Å². The molecule has 0 unspecified atom stereocenters. The van der Waals surface area contributed by atoms with E-state index in [2.05, 4.69) is 10.0 Å². The van der Waals surface area contributed by atoms with E-state index < -0.39 is 10.0 Å². The van der Waals surface area contributed by atoms with E-state index in [-0.39, 0.29) is 22.2 Å². The molecule has 0 spiro atoms. The predicted molar refractivity (Wildman–Crippen MR) is 138 cm³/mol. The lowest BCUT2D eigenvalue weighted by molar-refractivity contribution is -0.113. The normalized spacial score (nSPS) is 11.1. The summed E-state index contributed by atoms with van der Waals surface area (Å²) in [7, 11) is -0.934. The molecule has 7 nitrogen and oxygen atoms in total. The predicted octanol–water partition coefficient (Wildman–Crippen LogP) is 5.68. The van der Waals surface area contributed by atoms with Crippen LogP contribution in [0.2, 0.25) is 10.0 Å². The van der Waals surface area contributed by atoms with E-state index in [1.165, 1.54) is 50.2 Å². The van der Waals surface area contributed by atoms with Crippen LogP contribution in [0.1, 0.15) is 5.56 Å². The zero-order valence-electron chi connectivity index (χ0n) is 18.3. The molecule has 0 radical (unpaired) electrons. The monoisotopic (exact) mass is 540 g/mol. The van der Waals surface area contributed by atoms with E-state index >= 15 is 0 Å². The Morgan fingerprint density at radius 2 is 1.65 bits per heavy atom. The fourth-order valence-electron chi connectivity index (χ4n) is 2.92. The van der Waals surface area contributed by atoms with E-state index in [9.17, 15) is 13.2 Å². The van der Waals surface area contributed by atoms with Gasteiger partial charge in [-0.2, -0.15) is 0 Å². The first-order chi connectivity index (χ1) is 16.2. The molecule has 34 heavy (non-hydrogen) atoms. The number of sulfonamides is 1. The number of halogens is 2. The average Bonchev–Trinajstić information content (AvgIpc) is 2.81. The molecule has 0 bridgehead atoms. The summed E-state index contributed by atoms with van der Waals surface area (Å²) in [5.74, 6) is 1.30. The largest absolute Gasteiger partial charge is 0.497 e. The third-order valence-electron chi connectivity index (χ3n) is 4.64. The molecule has 1 amide bonds. The molecule has 0 heterocycles. The highest BCUT2D eigenvalue weighted by molar-refractivity contribution is 7.99. The number of hydrogen-bond acceptors (Lipinski definition) is 6. The zero-order valence-corrected chi connectivity index (χ0v) is 21.4. The van der Waals surface area contributed by atoms with Gasteiger partial charge >= 0.3 is 0 Å². The summed E-state index contributed by atoms with van der Waals surface area (Å²) in [5, 5.41) is 3.85. The molecule has 11 heteroatoms. The second-order valence-corrected chi connectivity index (χ2v) is 10.4. The molecule has 0 saturated carbocycles. The zero-order chi connectivity index (χ0) is 24.7. The minimum absolute atomic E-state index is 0.0334. The van der Waals surface area contributed by atoms with Gasteiger partial charge in [0.1, 0.15) is 11.5 Å². The van der Waals surface area contributed by atoms with E-state index in [1.807, 2.05) is 0 Å². The number of benzene rings is 3. The van der Waals surface area contributed by atoms with Crippen molar-refractivity contribution >= 4 is 62.3 Å². The van der Waals surface area contributed by atoms with Gasteiger partial charge in [-0.25, -0.2) is 8.42 Å². The molecule has 3 aromatic carbocycles. The summed E-state index contributed by atoms with van der Waals surface area (Å²) in [4.78, 5) is 12.3. The highest BCUT2D eigenvalue weighted by Gasteiger charge is 2.17. The Labute approximate surface area is 212 Å². The number of ether oxygens (including phenoxy) is 2. The van der Waals surface area contributed by atoms with Crippen LogP contribution in [0.15, 0.2) is 65.6 Å². The van der Waals surface area contributed by atoms with Gasteiger partial charge in [0.05, 0.1) is 30.6 Å². The maximum absolute atomic E-state index is 12.8. The number of thioether (sulfide) groups is 1. The van der Waals surface area contributed by atoms with E-state index in [0.29, 0.717) is 33.0 Å². The molecule has 0 saturated heterocycles. The van der Waals surface area contributed by atoms with Crippen LogP contribution < -0.4 is 19.5 Å². The third-order valence-corrected chi connectivity index (χ3v) is 7.69. The fourth-order valence-corrected chi connectivity index (χ4v) is 5.55. The lowest BCUT2D eigenvalue weighted by Gasteiger charge is -2.13. The van der Waals surface area contributed by atoms with Gasteiger partial charge in [-0.3, -0.25) is 9.52 Å². The van der Waals surface area contributed by atoms with Crippen LogP contribution in [0.5, 0.6) is 11.5 Å². The van der Waals surface area contributed by atoms with Crippen molar-refractivity contribution in [1.82, 2.24) is 0 Å². The second kappa shape index (κ2) is 11.7. The number of carbonyl (C=O) groups excluding carboxylic acids is 1. The van der Waals surface area contributed by atoms with Gasteiger partial charge in [0.15, 0.2) is 0 Å². The molecule has 0 aliphatic carbocycles. The van der Waals surface area contributed by atoms with Crippen LogP contribution in [0, 0.1) is 0 Å². The smallest absolute Gasteiger partial charge is 0.262 e. The SMILES string of the molecule is COc1ccc(NS(=O)(=O)c2ccc(NC(=O)CSCc3c(Cl)cccc3Cl)cc2)c(OC)c1. The Kier molecular flexibility index (Phi) is 8.96. The number of methoxy groups -OCH3 is 2. The maximum atomic E-state index is 12.8. The molecular weight excluding hydrogens is 519 g/mol. The Morgan fingerprint density at radius 1 is 0.971 bits per heavy atom. The standard InChI is InChI=1S/C23H22Cl2N2O5S2/c1-31-16-8-11-21(22(12-16)32-2)27-34(29,30)17-9-6-15(7-10-17)26-23(28)14-33-13-18-19(24)4-3-5-20(18)25/h3-12,27H,13-14H2,1-2H3,(H,26,28). The van der Waals surface area contributed by atoms with Gasteiger partial charge in [0.25, 0.3) is 10.0 Å². The van der Waals surface area contributed by atoms with Gasteiger partial charge < -0.3 is 14.8 Å². The van der Waals surface area contributed by atoms with Crippen LogP contribution in [0.4, 0.5) is 11.4 Å². The van der Waals surface area contributed by atoms with Gasteiger partial charge in [-0.05, 0) is 54.1 Å². The van der Waals surface area contributed by atoms with Crippen LogP contribution in [0.3, 0.4) is 0 Å². The van der Waals surface area contributed by atoms with E-state index in [1.54, 1.807) is 36.4 Å². The first-order valence-electron chi connectivity index (χ1n) is 9.89. The highest BCUT2D eigenvalue weighted by atomic mass is 35.5. The van der Waals surface area contributed by atoms with Crippen LogP contribution >= 0.6 is 35.0 Å². The summed E-state index contributed by atoms with van der Waals surface area (Å²) in [6.07, 6.45) is 0. The minimum atomic E-state index is -3.88. The molecule has 0 aliphatic heterocycles. The van der Waals surface area contributed by atoms with Crippen molar-refractivity contribution in [2.75, 3.05) is 30.0 Å². The molecule has 3 aromatic rings. The molecule has 3 rings (SSSR count). The summed E-state index contributed by atoms with van der Waals surface area (Å²) in [6.45, 7) is 0. The second-order valence-electron chi connectivity index (χ2n) is 6.94. The van der Waals surface area contributed by atoms with Gasteiger partial charge in [-0.1, -0.05) is 29.3 Å². The Hall–Kier alpha value is -2.59. The molecular formula is C23H22Cl2N2O5S2. The summed E-state index contributed by atoms with van der Waals surface area (Å²) < 4.78 is 38.4. The van der Waals surface area contributed by atoms with E-state index in [0.717, 1.165) is 5.56 Å². The minimum Gasteiger partial charge on any atom is -0.497 e. The molecule has 0 fully saturated rings. The molecule has 0 aliphatic rings. The van der Waals surface area contributed by atoms with Crippen LogP contribution in [0.25, 0.3) is 0 Å². The maximum Gasteiger partial charge on any atom is 0.262 e. The van der Waals surface area contributed by atoms with Gasteiger partial charge in [0.2, 0.25) is 5.91 Å². The summed E-state index contributed by atoms with van der Waals surface area (Å²) >= 11 is 13.7. The quantitative estimate of drug-likeness (QED) is 0.343. The van der Waals surface area contributed by atoms with Crippen LogP contribution in [-0.2, 0) is 20.6 Å². The molecule has 0 aromatic heterocycles. The lowest BCUT2D eigenvalue weighted by atomic mass is 10.2. The van der Waals surface area contributed by atoms with Crippen molar-refractivity contribution in [2.24, 2.45) is 0 Å². The molecule has 0 atom stereocenters. The van der Waals surface area contributed by atoms with Crippen molar-refractivity contribution in [2.45, 2.75) is 10.6 Å². The Morgan fingerprint density at radius 3 is 2.26 bits per heavy atom. The van der Waals surface area contributed by atoms with Crippen molar-refractivity contribution in [3.8, 4) is 11.5 Å². The van der Waals surface area contributed by atoms with Crippen molar-refractivity contribution < 1.29 is 22.7 Å². The first kappa shape index (κ1) is 26.0. The number of carbonyl (C=O) groups is 1. The average molecular weight is 541 g/mol. The fraction of sp³-hybridized carbons (Fsp3) is 0.174. The third kappa shape index (κ3) is 6.73. The van der Waals surface area contributed by atoms with Crippen molar-refractivity contribution in [3.63, 3.8) is 0 Å². The number of anilines is 2. The topological polar surface area (TPSA) is 93.7 Å². The van der Waals surface area contributed by atoms with Crippen molar-refractivity contribution in [3.05, 3.63) is 76.3 Å². The lowest BCUT2D eigenvalue weighted by Crippen LogP contribution is -2.15. The summed E-state index contributed by atoms with van der Waals surface area (Å²) in [6, 6.07) is 15.9. The van der Waals surface area contributed by atoms with E-state index in [4.69, 9.17) is 32.7 Å². The Bertz CT molecular complexity index is 1250. The first-order valence-corrected chi connectivity index (χ1v) is 13.3. The van der Waals surface area contributed by atoms with Crippen molar-refractivity contribution in [1.29, 1.82) is 0 Å². The highest BCUT2D eigenvalue weighted by Crippen LogP contribution is 2.31. The number of nitrogens with one attached hydrogen (secondary N) is 2. The number of hydrogen-bond donors (Lipinski definition) is 2. The Balaban J connectivity index is 1.59. The number of amides is 1. The molecule has 2 N–H and O–H groups in total. The van der Waals surface area contributed by atoms with Gasteiger partial charge in [0, 0.05) is 27.6 Å². The summed E-state index contributed by atoms with van der Waals surface area (Å²) in [5.41, 5.74) is 1.53. The number of rotatable bonds is 10.